The Labute approximate surface area is 126 Å². The second-order valence-electron chi connectivity index (χ2n) is 5.61. The smallest absolute Gasteiger partial charge is 0.243 e. The molecule has 0 aliphatic heterocycles. The second kappa shape index (κ2) is 7.81. The summed E-state index contributed by atoms with van der Waals surface area (Å²) in [5.74, 6) is -0.0526. The van der Waals surface area contributed by atoms with Gasteiger partial charge in [-0.3, -0.25) is 9.59 Å². The highest BCUT2D eigenvalue weighted by Gasteiger charge is 2.21. The van der Waals surface area contributed by atoms with Crippen LogP contribution in [0.3, 0.4) is 0 Å². The van der Waals surface area contributed by atoms with Crippen molar-refractivity contribution in [3.05, 3.63) is 29.8 Å². The van der Waals surface area contributed by atoms with Crippen LogP contribution >= 0.6 is 0 Å². The summed E-state index contributed by atoms with van der Waals surface area (Å²) in [5.41, 5.74) is 1.93. The van der Waals surface area contributed by atoms with Gasteiger partial charge in [0.2, 0.25) is 11.8 Å². The lowest BCUT2D eigenvalue weighted by Gasteiger charge is -2.20. The zero-order chi connectivity index (χ0) is 15.1. The van der Waals surface area contributed by atoms with Gasteiger partial charge in [-0.25, -0.2) is 0 Å². The number of amides is 2. The Balaban J connectivity index is 1.80. The van der Waals surface area contributed by atoms with Gasteiger partial charge in [0.05, 0.1) is 6.54 Å². The molecule has 0 heterocycles. The van der Waals surface area contributed by atoms with Crippen molar-refractivity contribution >= 4 is 17.5 Å². The monoisotopic (exact) mass is 288 g/mol. The van der Waals surface area contributed by atoms with Gasteiger partial charge in [-0.15, -0.1) is 0 Å². The van der Waals surface area contributed by atoms with Crippen LogP contribution in [0, 0.1) is 5.92 Å². The van der Waals surface area contributed by atoms with Gasteiger partial charge in [0, 0.05) is 11.6 Å². The van der Waals surface area contributed by atoms with E-state index in [2.05, 4.69) is 17.6 Å². The summed E-state index contributed by atoms with van der Waals surface area (Å²) in [6.45, 7) is 2.10. The van der Waals surface area contributed by atoms with Crippen molar-refractivity contribution in [2.45, 2.75) is 45.4 Å². The molecule has 0 spiro atoms. The van der Waals surface area contributed by atoms with E-state index in [1.54, 1.807) is 0 Å². The Hall–Kier alpha value is -1.84. The Kier molecular flexibility index (Phi) is 5.78. The molecule has 21 heavy (non-hydrogen) atoms. The van der Waals surface area contributed by atoms with Gasteiger partial charge in [-0.2, -0.15) is 0 Å². The third-order valence-corrected chi connectivity index (χ3v) is 4.07. The molecule has 1 aromatic carbocycles. The molecule has 0 radical (unpaired) electrons. The highest BCUT2D eigenvalue weighted by molar-refractivity contribution is 5.95. The number of benzene rings is 1. The second-order valence-corrected chi connectivity index (χ2v) is 5.61. The summed E-state index contributed by atoms with van der Waals surface area (Å²) in [5, 5.41) is 5.62. The van der Waals surface area contributed by atoms with E-state index in [9.17, 15) is 9.59 Å². The predicted octanol–water partition coefficient (Wildman–Crippen LogP) is 2.88. The maximum Gasteiger partial charge on any atom is 0.243 e. The number of hydrogen-bond donors (Lipinski definition) is 2. The first kappa shape index (κ1) is 15.5. The Bertz CT molecular complexity index is 493. The molecular formula is C17H24N2O2. The lowest BCUT2D eigenvalue weighted by atomic mass is 9.89. The van der Waals surface area contributed by atoms with E-state index in [4.69, 9.17) is 0 Å². The van der Waals surface area contributed by atoms with E-state index in [-0.39, 0.29) is 24.3 Å². The molecule has 1 fully saturated rings. The summed E-state index contributed by atoms with van der Waals surface area (Å²) in [6.07, 6.45) is 6.23. The molecule has 2 amide bonds. The van der Waals surface area contributed by atoms with E-state index >= 15 is 0 Å². The van der Waals surface area contributed by atoms with Gasteiger partial charge in [-0.1, -0.05) is 44.4 Å². The van der Waals surface area contributed by atoms with Gasteiger partial charge in [0.15, 0.2) is 0 Å². The lowest BCUT2D eigenvalue weighted by molar-refractivity contribution is -0.128. The van der Waals surface area contributed by atoms with Crippen LogP contribution in [0.1, 0.15) is 44.6 Å². The number of rotatable bonds is 5. The van der Waals surface area contributed by atoms with Gasteiger partial charge < -0.3 is 10.6 Å². The van der Waals surface area contributed by atoms with E-state index < -0.39 is 0 Å². The first-order valence-corrected chi connectivity index (χ1v) is 7.86. The van der Waals surface area contributed by atoms with Crippen LogP contribution < -0.4 is 10.6 Å². The zero-order valence-corrected chi connectivity index (χ0v) is 12.7. The molecule has 114 valence electrons. The fourth-order valence-electron chi connectivity index (χ4n) is 2.82. The highest BCUT2D eigenvalue weighted by atomic mass is 16.2. The van der Waals surface area contributed by atoms with Crippen molar-refractivity contribution in [1.82, 2.24) is 5.32 Å². The molecule has 1 aromatic rings. The predicted molar refractivity (Wildman–Crippen MR) is 84.0 cm³/mol. The Morgan fingerprint density at radius 3 is 2.57 bits per heavy atom. The van der Waals surface area contributed by atoms with Crippen LogP contribution in [0.4, 0.5) is 5.69 Å². The standard InChI is InChI=1S/C17H24N2O2/c1-2-13-8-6-7-11-15(13)19-16(20)12-18-17(21)14-9-4-3-5-10-14/h6-8,11,14H,2-5,9-10,12H2,1H3,(H,18,21)(H,19,20). The van der Waals surface area contributed by atoms with Crippen LogP contribution in [0.5, 0.6) is 0 Å². The fourth-order valence-corrected chi connectivity index (χ4v) is 2.82. The normalized spacial score (nSPS) is 15.5. The van der Waals surface area contributed by atoms with Gasteiger partial charge >= 0.3 is 0 Å². The maximum absolute atomic E-state index is 12.0. The molecule has 1 aliphatic rings. The number of carbonyl (C=O) groups is 2. The Morgan fingerprint density at radius 2 is 1.86 bits per heavy atom. The van der Waals surface area contributed by atoms with Crippen molar-refractivity contribution in [2.24, 2.45) is 5.92 Å². The maximum atomic E-state index is 12.0. The topological polar surface area (TPSA) is 58.2 Å². The minimum atomic E-state index is -0.167. The van der Waals surface area contributed by atoms with Gasteiger partial charge in [-0.05, 0) is 30.9 Å². The average Bonchev–Trinajstić information content (AvgIpc) is 2.54. The summed E-state index contributed by atoms with van der Waals surface area (Å²) in [6, 6.07) is 7.74. The van der Waals surface area contributed by atoms with Gasteiger partial charge in [0.25, 0.3) is 0 Å². The first-order valence-electron chi connectivity index (χ1n) is 7.86. The van der Waals surface area contributed by atoms with Crippen LogP contribution in [-0.2, 0) is 16.0 Å². The van der Waals surface area contributed by atoms with Crippen molar-refractivity contribution < 1.29 is 9.59 Å². The van der Waals surface area contributed by atoms with Crippen LogP contribution in [0.25, 0.3) is 0 Å². The van der Waals surface area contributed by atoms with Crippen molar-refractivity contribution in [3.8, 4) is 0 Å². The third kappa shape index (κ3) is 4.59. The molecule has 0 bridgehead atoms. The molecule has 0 saturated heterocycles. The summed E-state index contributed by atoms with van der Waals surface area (Å²) in [7, 11) is 0. The molecule has 0 aromatic heterocycles. The molecule has 4 heteroatoms. The van der Waals surface area contributed by atoms with Crippen molar-refractivity contribution in [2.75, 3.05) is 11.9 Å². The molecule has 2 rings (SSSR count). The molecular weight excluding hydrogens is 264 g/mol. The van der Waals surface area contributed by atoms with Crippen molar-refractivity contribution in [1.29, 1.82) is 0 Å². The highest BCUT2D eigenvalue weighted by Crippen LogP contribution is 2.23. The third-order valence-electron chi connectivity index (χ3n) is 4.07. The SMILES string of the molecule is CCc1ccccc1NC(=O)CNC(=O)C1CCCCC1. The molecule has 1 aliphatic carbocycles. The fraction of sp³-hybridized carbons (Fsp3) is 0.529. The van der Waals surface area contributed by atoms with E-state index in [0.717, 1.165) is 43.4 Å². The molecule has 0 atom stereocenters. The number of aryl methyl sites for hydroxylation is 1. The number of carbonyl (C=O) groups excluding carboxylic acids is 2. The van der Waals surface area contributed by atoms with E-state index in [1.807, 2.05) is 24.3 Å². The largest absolute Gasteiger partial charge is 0.347 e. The molecule has 0 unspecified atom stereocenters. The molecule has 2 N–H and O–H groups in total. The summed E-state index contributed by atoms with van der Waals surface area (Å²) in [4.78, 5) is 23.9. The van der Waals surface area contributed by atoms with Crippen LogP contribution in [0.15, 0.2) is 24.3 Å². The van der Waals surface area contributed by atoms with E-state index in [1.165, 1.54) is 6.42 Å². The lowest BCUT2D eigenvalue weighted by Crippen LogP contribution is -2.37. The average molecular weight is 288 g/mol. The quantitative estimate of drug-likeness (QED) is 0.875. The zero-order valence-electron chi connectivity index (χ0n) is 12.7. The first-order chi connectivity index (χ1) is 10.2. The van der Waals surface area contributed by atoms with Crippen molar-refractivity contribution in [3.63, 3.8) is 0 Å². The van der Waals surface area contributed by atoms with Crippen LogP contribution in [0.2, 0.25) is 0 Å². The number of hydrogen-bond acceptors (Lipinski definition) is 2. The number of nitrogens with one attached hydrogen (secondary N) is 2. The Morgan fingerprint density at radius 1 is 1.14 bits per heavy atom. The number of para-hydroxylation sites is 1. The van der Waals surface area contributed by atoms with E-state index in [0.29, 0.717) is 0 Å². The minimum Gasteiger partial charge on any atom is -0.347 e. The molecule has 1 saturated carbocycles. The van der Waals surface area contributed by atoms with Crippen LogP contribution in [-0.4, -0.2) is 18.4 Å². The summed E-state index contributed by atoms with van der Waals surface area (Å²) >= 11 is 0. The number of anilines is 1. The minimum absolute atomic E-state index is 0.0219. The summed E-state index contributed by atoms with van der Waals surface area (Å²) < 4.78 is 0. The molecule has 4 nitrogen and oxygen atoms in total. The van der Waals surface area contributed by atoms with Gasteiger partial charge in [0.1, 0.15) is 0 Å².